The Bertz CT molecular complexity index is 673. The molecule has 0 fully saturated rings. The summed E-state index contributed by atoms with van der Waals surface area (Å²) in [5.74, 6) is 0.308. The first-order chi connectivity index (χ1) is 12.8. The lowest BCUT2D eigenvalue weighted by Crippen LogP contribution is -2.31. The monoisotopic (exact) mass is 406 g/mol. The molecule has 28 heavy (non-hydrogen) atoms. The number of carbonyl (C=O) groups excluding carboxylic acids is 1. The third-order valence-electron chi connectivity index (χ3n) is 3.34. The van der Waals surface area contributed by atoms with Crippen LogP contribution in [0.1, 0.15) is 61.3 Å². The minimum atomic E-state index is -0.841. The molecule has 1 aromatic carbocycles. The first-order valence-corrected chi connectivity index (χ1v) is 10.3. The molecule has 0 heterocycles. The third kappa shape index (κ3) is 10.5. The second-order valence-corrected chi connectivity index (χ2v) is 10.7. The molecule has 0 saturated carbocycles. The Hall–Kier alpha value is -1.82. The molecule has 1 aromatic rings. The number of hydrogen-bond donors (Lipinski definition) is 0. The van der Waals surface area contributed by atoms with Gasteiger partial charge in [0, 0.05) is 22.1 Å². The number of esters is 1. The van der Waals surface area contributed by atoms with Crippen molar-refractivity contribution >= 4 is 17.7 Å². The zero-order chi connectivity index (χ0) is 21.4. The van der Waals surface area contributed by atoms with Crippen LogP contribution in [0, 0.1) is 0 Å². The van der Waals surface area contributed by atoms with Crippen molar-refractivity contribution in [3.05, 3.63) is 36.9 Å². The molecule has 156 valence electrons. The Labute approximate surface area is 174 Å². The van der Waals surface area contributed by atoms with Gasteiger partial charge in [0.25, 0.3) is 0 Å². The van der Waals surface area contributed by atoms with Crippen LogP contribution in [0.25, 0.3) is 0 Å². The van der Waals surface area contributed by atoms with Crippen LogP contribution in [0.3, 0.4) is 0 Å². The second kappa shape index (κ2) is 10.1. The van der Waals surface area contributed by atoms with Gasteiger partial charge in [-0.2, -0.15) is 5.11 Å². The number of rotatable bonds is 9. The van der Waals surface area contributed by atoms with Gasteiger partial charge in [0.2, 0.25) is 5.72 Å². The van der Waals surface area contributed by atoms with Crippen molar-refractivity contribution in [2.24, 2.45) is 10.2 Å². The molecule has 5 nitrogen and oxygen atoms in total. The molecule has 0 aliphatic rings. The molecule has 0 spiro atoms. The fraction of sp³-hybridized carbons (Fsp3) is 0.591. The molecule has 0 bridgehead atoms. The normalized spacial score (nSPS) is 14.5. The molecule has 0 amide bonds. The van der Waals surface area contributed by atoms with Crippen molar-refractivity contribution in [1.82, 2.24) is 0 Å². The average Bonchev–Trinajstić information content (AvgIpc) is 2.57. The van der Waals surface area contributed by atoms with E-state index in [1.807, 2.05) is 51.6 Å². The summed E-state index contributed by atoms with van der Waals surface area (Å²) in [6, 6.07) is 8.02. The Morgan fingerprint density at radius 1 is 1.07 bits per heavy atom. The third-order valence-corrected chi connectivity index (χ3v) is 4.46. The predicted molar refractivity (Wildman–Crippen MR) is 116 cm³/mol. The summed E-state index contributed by atoms with van der Waals surface area (Å²) in [7, 11) is 0. The highest BCUT2D eigenvalue weighted by atomic mass is 32.2. The zero-order valence-electron chi connectivity index (χ0n) is 18.2. The lowest BCUT2D eigenvalue weighted by Gasteiger charge is -2.27. The van der Waals surface area contributed by atoms with Gasteiger partial charge < -0.3 is 9.47 Å². The van der Waals surface area contributed by atoms with Crippen LogP contribution in [0.4, 0.5) is 0 Å². The van der Waals surface area contributed by atoms with E-state index in [2.05, 4.69) is 49.7 Å². The number of azo groups is 1. The van der Waals surface area contributed by atoms with Crippen LogP contribution < -0.4 is 4.74 Å². The molecule has 6 heteroatoms. The molecule has 0 aromatic heterocycles. The maximum atomic E-state index is 11.2. The lowest BCUT2D eigenvalue weighted by atomic mass is 10.1. The molecule has 1 rings (SSSR count). The SMILES string of the molecule is C=CC(=O)OCCCC(C)(N=NC(C)(C)C)Oc1ccc(SC(C)(C)C)cc1. The highest BCUT2D eigenvalue weighted by Gasteiger charge is 2.27. The van der Waals surface area contributed by atoms with Crippen molar-refractivity contribution in [3.63, 3.8) is 0 Å². The van der Waals surface area contributed by atoms with Gasteiger partial charge in [-0.3, -0.25) is 0 Å². The highest BCUT2D eigenvalue weighted by Crippen LogP contribution is 2.33. The first kappa shape index (κ1) is 24.2. The minimum Gasteiger partial charge on any atom is -0.465 e. The largest absolute Gasteiger partial charge is 0.465 e. The molecule has 1 atom stereocenters. The smallest absolute Gasteiger partial charge is 0.330 e. The van der Waals surface area contributed by atoms with Crippen LogP contribution in [0.2, 0.25) is 0 Å². The number of nitrogens with zero attached hydrogens (tertiary/aromatic N) is 2. The van der Waals surface area contributed by atoms with E-state index in [4.69, 9.17) is 9.47 Å². The standard InChI is InChI=1S/C22H34N2O3S/c1-9-19(25)26-16-10-15-22(8,24-23-20(2,3)4)27-17-11-13-18(14-12-17)28-21(5,6)7/h9,11-14H,1,10,15-16H2,2-8H3. The van der Waals surface area contributed by atoms with Crippen molar-refractivity contribution < 1.29 is 14.3 Å². The van der Waals surface area contributed by atoms with E-state index in [0.717, 1.165) is 11.8 Å². The molecule has 0 aliphatic carbocycles. The summed E-state index contributed by atoms with van der Waals surface area (Å²) in [5, 5.41) is 8.87. The molecule has 0 aliphatic heterocycles. The van der Waals surface area contributed by atoms with E-state index in [1.54, 1.807) is 0 Å². The summed E-state index contributed by atoms with van der Waals surface area (Å²) in [6.07, 6.45) is 2.33. The predicted octanol–water partition coefficient (Wildman–Crippen LogP) is 6.43. The Morgan fingerprint density at radius 3 is 2.18 bits per heavy atom. The van der Waals surface area contributed by atoms with Gasteiger partial charge in [-0.15, -0.1) is 16.9 Å². The highest BCUT2D eigenvalue weighted by molar-refractivity contribution is 8.00. The van der Waals surface area contributed by atoms with Gasteiger partial charge in [0.05, 0.1) is 12.1 Å². The first-order valence-electron chi connectivity index (χ1n) is 9.53. The number of thioether (sulfide) groups is 1. The van der Waals surface area contributed by atoms with Crippen molar-refractivity contribution in [2.75, 3.05) is 6.61 Å². The molecule has 0 N–H and O–H groups in total. The van der Waals surface area contributed by atoms with Crippen molar-refractivity contribution in [2.45, 2.75) is 82.2 Å². The second-order valence-electron chi connectivity index (χ2n) is 8.81. The molecule has 1 unspecified atom stereocenters. The van der Waals surface area contributed by atoms with Crippen LogP contribution in [0.5, 0.6) is 5.75 Å². The molecular weight excluding hydrogens is 372 g/mol. The van der Waals surface area contributed by atoms with Gasteiger partial charge in [0.15, 0.2) is 0 Å². The summed E-state index contributed by atoms with van der Waals surface area (Å²) >= 11 is 1.81. The van der Waals surface area contributed by atoms with E-state index < -0.39 is 11.7 Å². The average molecular weight is 407 g/mol. The summed E-state index contributed by atoms with van der Waals surface area (Å²) < 4.78 is 11.4. The van der Waals surface area contributed by atoms with Crippen LogP contribution in [-0.4, -0.2) is 28.6 Å². The van der Waals surface area contributed by atoms with Gasteiger partial charge in [-0.05, 0) is 58.4 Å². The van der Waals surface area contributed by atoms with E-state index in [-0.39, 0.29) is 16.9 Å². The number of carbonyl (C=O) groups is 1. The molecule has 0 radical (unpaired) electrons. The van der Waals surface area contributed by atoms with Crippen LogP contribution in [-0.2, 0) is 9.53 Å². The molecular formula is C22H34N2O3S. The zero-order valence-corrected chi connectivity index (χ0v) is 19.1. The summed E-state index contributed by atoms with van der Waals surface area (Å²) in [6.45, 7) is 18.1. The van der Waals surface area contributed by atoms with Crippen molar-refractivity contribution in [3.8, 4) is 5.75 Å². The number of ether oxygens (including phenoxy) is 2. The fourth-order valence-corrected chi connectivity index (χ4v) is 3.17. The fourth-order valence-electron chi connectivity index (χ4n) is 2.19. The van der Waals surface area contributed by atoms with Gasteiger partial charge in [-0.1, -0.05) is 27.4 Å². The minimum absolute atomic E-state index is 0.153. The topological polar surface area (TPSA) is 60.2 Å². The quantitative estimate of drug-likeness (QED) is 0.156. The Morgan fingerprint density at radius 2 is 1.68 bits per heavy atom. The van der Waals surface area contributed by atoms with Gasteiger partial charge >= 0.3 is 5.97 Å². The van der Waals surface area contributed by atoms with Crippen LogP contribution in [0.15, 0.2) is 52.0 Å². The maximum absolute atomic E-state index is 11.2. The maximum Gasteiger partial charge on any atom is 0.330 e. The summed E-state index contributed by atoms with van der Waals surface area (Å²) in [5.41, 5.74) is -1.14. The Balaban J connectivity index is 2.85. The van der Waals surface area contributed by atoms with Gasteiger partial charge in [-0.25, -0.2) is 4.79 Å². The van der Waals surface area contributed by atoms with E-state index in [1.165, 1.54) is 4.90 Å². The number of hydrogen-bond acceptors (Lipinski definition) is 6. The van der Waals surface area contributed by atoms with E-state index in [9.17, 15) is 4.79 Å². The molecule has 0 saturated heterocycles. The van der Waals surface area contributed by atoms with Gasteiger partial charge in [0.1, 0.15) is 5.75 Å². The number of benzene rings is 1. The van der Waals surface area contributed by atoms with Crippen molar-refractivity contribution in [1.29, 1.82) is 0 Å². The van der Waals surface area contributed by atoms with Crippen LogP contribution >= 0.6 is 11.8 Å². The lowest BCUT2D eigenvalue weighted by molar-refractivity contribution is -0.138. The Kier molecular flexibility index (Phi) is 8.74. The van der Waals surface area contributed by atoms with E-state index >= 15 is 0 Å². The van der Waals surface area contributed by atoms with E-state index in [0.29, 0.717) is 12.8 Å². The summed E-state index contributed by atoms with van der Waals surface area (Å²) in [4.78, 5) is 12.4.